The number of rotatable bonds is 5. The van der Waals surface area contributed by atoms with Crippen molar-refractivity contribution in [3.63, 3.8) is 0 Å². The first-order valence-electron chi connectivity index (χ1n) is 6.69. The number of para-hydroxylation sites is 1. The first kappa shape index (κ1) is 13.3. The molecule has 0 fully saturated rings. The van der Waals surface area contributed by atoms with Crippen LogP contribution >= 0.6 is 0 Å². The highest BCUT2D eigenvalue weighted by Crippen LogP contribution is 2.23. The standard InChI is InChI=1S/C16H14N4O/c21-20-15-6-3-4-12-7-8-14(19-16(12)15)11-17-10-13-5-1-2-9-18-13/h1-9,17H,10-11H2. The molecule has 0 aliphatic rings. The van der Waals surface area contributed by atoms with Crippen molar-refractivity contribution in [1.29, 1.82) is 0 Å². The Morgan fingerprint density at radius 2 is 1.86 bits per heavy atom. The fraction of sp³-hybridized carbons (Fsp3) is 0.125. The number of hydrogen-bond donors (Lipinski definition) is 1. The predicted octanol–water partition coefficient (Wildman–Crippen LogP) is 3.32. The van der Waals surface area contributed by atoms with Crippen LogP contribution in [0.15, 0.2) is 59.9 Å². The SMILES string of the molecule is O=Nc1cccc2ccc(CNCc3ccccn3)nc12. The molecule has 0 saturated heterocycles. The van der Waals surface area contributed by atoms with Gasteiger partial charge in [0.2, 0.25) is 0 Å². The molecule has 0 aliphatic heterocycles. The van der Waals surface area contributed by atoms with Crippen LogP contribution in [0.3, 0.4) is 0 Å². The Hall–Kier alpha value is -2.66. The van der Waals surface area contributed by atoms with Crippen LogP contribution in [0.4, 0.5) is 5.69 Å². The lowest BCUT2D eigenvalue weighted by atomic mass is 10.2. The van der Waals surface area contributed by atoms with Crippen LogP contribution in [0, 0.1) is 4.91 Å². The van der Waals surface area contributed by atoms with E-state index in [0.717, 1.165) is 16.8 Å². The van der Waals surface area contributed by atoms with Gasteiger partial charge in [0.15, 0.2) is 0 Å². The lowest BCUT2D eigenvalue weighted by Crippen LogP contribution is -2.14. The van der Waals surface area contributed by atoms with E-state index in [-0.39, 0.29) is 0 Å². The number of nitrogens with one attached hydrogen (secondary N) is 1. The maximum absolute atomic E-state index is 10.8. The Morgan fingerprint density at radius 1 is 0.952 bits per heavy atom. The third-order valence-corrected chi connectivity index (χ3v) is 3.19. The molecule has 5 nitrogen and oxygen atoms in total. The van der Waals surface area contributed by atoms with E-state index >= 15 is 0 Å². The van der Waals surface area contributed by atoms with Gasteiger partial charge < -0.3 is 5.32 Å². The minimum absolute atomic E-state index is 0.374. The molecule has 0 radical (unpaired) electrons. The van der Waals surface area contributed by atoms with Gasteiger partial charge in [-0.15, -0.1) is 4.91 Å². The second kappa shape index (κ2) is 6.19. The molecule has 3 rings (SSSR count). The van der Waals surface area contributed by atoms with E-state index in [1.165, 1.54) is 0 Å². The van der Waals surface area contributed by atoms with Crippen LogP contribution in [-0.2, 0) is 13.1 Å². The summed E-state index contributed by atoms with van der Waals surface area (Å²) in [5.41, 5.74) is 2.87. The molecular formula is C16H14N4O. The third kappa shape index (κ3) is 3.09. The highest BCUT2D eigenvalue weighted by Gasteiger charge is 2.04. The van der Waals surface area contributed by atoms with Crippen LogP contribution in [0.25, 0.3) is 10.9 Å². The van der Waals surface area contributed by atoms with Crippen LogP contribution in [0.5, 0.6) is 0 Å². The van der Waals surface area contributed by atoms with Crippen molar-refractivity contribution in [1.82, 2.24) is 15.3 Å². The fourth-order valence-corrected chi connectivity index (χ4v) is 2.17. The molecule has 21 heavy (non-hydrogen) atoms. The van der Waals surface area contributed by atoms with Crippen molar-refractivity contribution in [2.24, 2.45) is 5.18 Å². The Labute approximate surface area is 122 Å². The molecule has 104 valence electrons. The first-order chi connectivity index (χ1) is 10.4. The molecule has 0 spiro atoms. The maximum atomic E-state index is 10.8. The van der Waals surface area contributed by atoms with Gasteiger partial charge in [0.1, 0.15) is 5.69 Å². The number of fused-ring (bicyclic) bond motifs is 1. The summed E-state index contributed by atoms with van der Waals surface area (Å²) < 4.78 is 0. The summed E-state index contributed by atoms with van der Waals surface area (Å²) in [4.78, 5) is 19.6. The average molecular weight is 278 g/mol. The minimum atomic E-state index is 0.374. The molecule has 0 saturated carbocycles. The van der Waals surface area contributed by atoms with E-state index in [9.17, 15) is 4.91 Å². The summed E-state index contributed by atoms with van der Waals surface area (Å²) in [6.07, 6.45) is 1.77. The van der Waals surface area contributed by atoms with E-state index in [0.29, 0.717) is 24.3 Å². The summed E-state index contributed by atoms with van der Waals surface area (Å²) >= 11 is 0. The van der Waals surface area contributed by atoms with E-state index in [2.05, 4.69) is 20.5 Å². The van der Waals surface area contributed by atoms with Crippen molar-refractivity contribution >= 4 is 16.6 Å². The third-order valence-electron chi connectivity index (χ3n) is 3.19. The molecule has 0 amide bonds. The number of pyridine rings is 2. The predicted molar refractivity (Wildman–Crippen MR) is 82.0 cm³/mol. The van der Waals surface area contributed by atoms with Crippen LogP contribution in [0.2, 0.25) is 0 Å². The summed E-state index contributed by atoms with van der Waals surface area (Å²) in [6, 6.07) is 15.1. The first-order valence-corrected chi connectivity index (χ1v) is 6.69. The summed E-state index contributed by atoms with van der Waals surface area (Å²) in [7, 11) is 0. The van der Waals surface area contributed by atoms with Crippen LogP contribution in [0.1, 0.15) is 11.4 Å². The molecule has 5 heteroatoms. The van der Waals surface area contributed by atoms with Gasteiger partial charge >= 0.3 is 0 Å². The van der Waals surface area contributed by atoms with Crippen molar-refractivity contribution in [3.05, 3.63) is 71.0 Å². The molecule has 2 heterocycles. The average Bonchev–Trinajstić information content (AvgIpc) is 2.55. The number of hydrogen-bond acceptors (Lipinski definition) is 5. The van der Waals surface area contributed by atoms with Crippen LogP contribution < -0.4 is 5.32 Å². The van der Waals surface area contributed by atoms with E-state index < -0.39 is 0 Å². The van der Waals surface area contributed by atoms with Gasteiger partial charge in [-0.3, -0.25) is 4.98 Å². The molecular weight excluding hydrogens is 264 g/mol. The number of nitroso groups, excluding NO2 is 1. The van der Waals surface area contributed by atoms with Crippen molar-refractivity contribution in [2.45, 2.75) is 13.1 Å². The zero-order chi connectivity index (χ0) is 14.5. The fourth-order valence-electron chi connectivity index (χ4n) is 2.17. The van der Waals surface area contributed by atoms with E-state index in [1.807, 2.05) is 36.4 Å². The zero-order valence-electron chi connectivity index (χ0n) is 11.4. The monoisotopic (exact) mass is 278 g/mol. The Bertz CT molecular complexity index is 759. The van der Waals surface area contributed by atoms with Gasteiger partial charge in [0, 0.05) is 24.7 Å². The van der Waals surface area contributed by atoms with Crippen molar-refractivity contribution in [2.75, 3.05) is 0 Å². The quantitative estimate of drug-likeness (QED) is 0.727. The van der Waals surface area contributed by atoms with Gasteiger partial charge in [-0.05, 0) is 29.4 Å². The van der Waals surface area contributed by atoms with Gasteiger partial charge in [-0.2, -0.15) is 0 Å². The highest BCUT2D eigenvalue weighted by molar-refractivity contribution is 5.88. The molecule has 0 aliphatic carbocycles. The molecule has 3 aromatic rings. The van der Waals surface area contributed by atoms with Crippen molar-refractivity contribution in [3.8, 4) is 0 Å². The Morgan fingerprint density at radius 3 is 2.67 bits per heavy atom. The topological polar surface area (TPSA) is 67.2 Å². The smallest absolute Gasteiger partial charge is 0.134 e. The van der Waals surface area contributed by atoms with E-state index in [1.54, 1.807) is 18.3 Å². The number of aromatic nitrogens is 2. The summed E-state index contributed by atoms with van der Waals surface area (Å²) in [6.45, 7) is 1.29. The molecule has 2 aromatic heterocycles. The maximum Gasteiger partial charge on any atom is 0.134 e. The summed E-state index contributed by atoms with van der Waals surface area (Å²) in [5.74, 6) is 0. The molecule has 1 aromatic carbocycles. The molecule has 0 bridgehead atoms. The second-order valence-electron chi connectivity index (χ2n) is 4.67. The Kier molecular flexibility index (Phi) is 3.93. The largest absolute Gasteiger partial charge is 0.306 e. The minimum Gasteiger partial charge on any atom is -0.306 e. The van der Waals surface area contributed by atoms with Gasteiger partial charge in [-0.1, -0.05) is 24.3 Å². The normalized spacial score (nSPS) is 10.7. The second-order valence-corrected chi connectivity index (χ2v) is 4.67. The lowest BCUT2D eigenvalue weighted by Gasteiger charge is -2.06. The highest BCUT2D eigenvalue weighted by atomic mass is 16.3. The van der Waals surface area contributed by atoms with Crippen LogP contribution in [-0.4, -0.2) is 9.97 Å². The zero-order valence-corrected chi connectivity index (χ0v) is 11.4. The lowest BCUT2D eigenvalue weighted by molar-refractivity contribution is 0.669. The number of nitrogens with zero attached hydrogens (tertiary/aromatic N) is 3. The van der Waals surface area contributed by atoms with Gasteiger partial charge in [0.25, 0.3) is 0 Å². The van der Waals surface area contributed by atoms with Crippen molar-refractivity contribution < 1.29 is 0 Å². The Balaban J connectivity index is 1.74. The van der Waals surface area contributed by atoms with E-state index in [4.69, 9.17) is 0 Å². The van der Waals surface area contributed by atoms with Gasteiger partial charge in [-0.25, -0.2) is 4.98 Å². The molecule has 0 atom stereocenters. The summed E-state index contributed by atoms with van der Waals surface area (Å²) in [5, 5.41) is 7.23. The van der Waals surface area contributed by atoms with Gasteiger partial charge in [0.05, 0.1) is 16.9 Å². The molecule has 1 N–H and O–H groups in total. The number of benzene rings is 1. The molecule has 0 unspecified atom stereocenters.